The molecule has 0 spiro atoms. The lowest BCUT2D eigenvalue weighted by atomic mass is 10.0. The van der Waals surface area contributed by atoms with Crippen LogP contribution in [0.3, 0.4) is 0 Å². The number of hydrogen-bond acceptors (Lipinski definition) is 1. The van der Waals surface area contributed by atoms with Crippen molar-refractivity contribution in [2.75, 3.05) is 6.61 Å². The first-order valence-corrected chi connectivity index (χ1v) is 11.4. The van der Waals surface area contributed by atoms with Crippen molar-refractivity contribution < 1.29 is 4.74 Å². The fourth-order valence-electron chi connectivity index (χ4n) is 2.21. The summed E-state index contributed by atoms with van der Waals surface area (Å²) in [7, 11) is -1.01. The number of aromatic nitrogens is 1. The average Bonchev–Trinajstić information content (AvgIpc) is 2.82. The molecule has 0 unspecified atom stereocenters. The Hall–Kier alpha value is -1.03. The molecule has 1 heterocycles. The molecule has 4 heteroatoms. The lowest BCUT2D eigenvalue weighted by Crippen LogP contribution is -2.21. The molecule has 0 amide bonds. The summed E-state index contributed by atoms with van der Waals surface area (Å²) in [6.07, 6.45) is 4.15. The van der Waals surface area contributed by atoms with Crippen LogP contribution in [0.15, 0.2) is 36.7 Å². The molecule has 1 aromatic heterocycles. The maximum Gasteiger partial charge on any atom is 0.122 e. The van der Waals surface area contributed by atoms with E-state index in [0.29, 0.717) is 6.73 Å². The third-order valence-corrected chi connectivity index (χ3v) is 5.52. The van der Waals surface area contributed by atoms with Gasteiger partial charge in [-0.15, -0.1) is 0 Å². The molecule has 0 fully saturated rings. The summed E-state index contributed by atoms with van der Waals surface area (Å²) in [5, 5.41) is 0.799. The first-order chi connectivity index (χ1) is 9.87. The van der Waals surface area contributed by atoms with E-state index < -0.39 is 8.07 Å². The predicted molar refractivity (Wildman–Crippen MR) is 93.7 cm³/mol. The molecule has 0 saturated carbocycles. The average molecular weight is 322 g/mol. The highest BCUT2D eigenvalue weighted by molar-refractivity contribution is 6.76. The van der Waals surface area contributed by atoms with Crippen LogP contribution in [-0.2, 0) is 11.5 Å². The molecule has 0 atom stereocenters. The zero-order valence-corrected chi connectivity index (χ0v) is 15.1. The van der Waals surface area contributed by atoms with Gasteiger partial charge in [-0.05, 0) is 30.7 Å². The smallest absolute Gasteiger partial charge is 0.122 e. The Morgan fingerprint density at radius 1 is 1.19 bits per heavy atom. The SMILES string of the molecule is Cc1cccc(Cl)c1-c1ccn(COCC[Si](C)(C)C)c1. The number of halogens is 1. The van der Waals surface area contributed by atoms with Gasteiger partial charge in [0, 0.05) is 43.2 Å². The van der Waals surface area contributed by atoms with E-state index in [0.717, 1.165) is 22.8 Å². The zero-order chi connectivity index (χ0) is 15.5. The molecule has 2 aromatic rings. The molecule has 2 rings (SSSR count). The number of aryl methyl sites for hydroxylation is 1. The molecule has 0 aliphatic carbocycles. The van der Waals surface area contributed by atoms with Crippen molar-refractivity contribution in [2.45, 2.75) is 39.3 Å². The molecule has 114 valence electrons. The van der Waals surface area contributed by atoms with E-state index in [-0.39, 0.29) is 0 Å². The van der Waals surface area contributed by atoms with Crippen LogP contribution in [0.1, 0.15) is 5.56 Å². The second-order valence-electron chi connectivity index (χ2n) is 6.69. The molecule has 0 aliphatic heterocycles. The Bertz CT molecular complexity index is 581. The van der Waals surface area contributed by atoms with Gasteiger partial charge in [0.1, 0.15) is 6.73 Å². The van der Waals surface area contributed by atoms with E-state index in [4.69, 9.17) is 16.3 Å². The van der Waals surface area contributed by atoms with Gasteiger partial charge in [0.15, 0.2) is 0 Å². The summed E-state index contributed by atoms with van der Waals surface area (Å²) >= 11 is 6.31. The van der Waals surface area contributed by atoms with Gasteiger partial charge in [-0.2, -0.15) is 0 Å². The summed E-state index contributed by atoms with van der Waals surface area (Å²) < 4.78 is 7.84. The van der Waals surface area contributed by atoms with Crippen molar-refractivity contribution in [3.8, 4) is 11.1 Å². The molecule has 0 N–H and O–H groups in total. The first-order valence-electron chi connectivity index (χ1n) is 7.36. The quantitative estimate of drug-likeness (QED) is 0.511. The van der Waals surface area contributed by atoms with Crippen molar-refractivity contribution in [1.82, 2.24) is 4.57 Å². The van der Waals surface area contributed by atoms with E-state index in [2.05, 4.69) is 49.5 Å². The minimum Gasteiger partial charge on any atom is -0.361 e. The minimum absolute atomic E-state index is 0.605. The van der Waals surface area contributed by atoms with Crippen LogP contribution in [0, 0.1) is 6.92 Å². The molecule has 2 nitrogen and oxygen atoms in total. The summed E-state index contributed by atoms with van der Waals surface area (Å²) in [5.74, 6) is 0. The van der Waals surface area contributed by atoms with E-state index in [1.807, 2.05) is 18.3 Å². The van der Waals surface area contributed by atoms with Gasteiger partial charge < -0.3 is 9.30 Å². The van der Waals surface area contributed by atoms with Gasteiger partial charge >= 0.3 is 0 Å². The van der Waals surface area contributed by atoms with Crippen molar-refractivity contribution in [2.24, 2.45) is 0 Å². The first kappa shape index (κ1) is 16.3. The van der Waals surface area contributed by atoms with E-state index in [9.17, 15) is 0 Å². The second-order valence-corrected chi connectivity index (χ2v) is 12.7. The highest BCUT2D eigenvalue weighted by Gasteiger charge is 2.12. The minimum atomic E-state index is -1.01. The van der Waals surface area contributed by atoms with E-state index in [1.54, 1.807) is 0 Å². The Balaban J connectivity index is 1.99. The maximum atomic E-state index is 6.31. The number of benzene rings is 1. The van der Waals surface area contributed by atoms with Crippen molar-refractivity contribution in [3.05, 3.63) is 47.2 Å². The zero-order valence-electron chi connectivity index (χ0n) is 13.3. The third kappa shape index (κ3) is 4.73. The Morgan fingerprint density at radius 2 is 1.95 bits per heavy atom. The molecule has 0 bridgehead atoms. The molecule has 0 aliphatic rings. The molecule has 21 heavy (non-hydrogen) atoms. The molecular weight excluding hydrogens is 298 g/mol. The van der Waals surface area contributed by atoms with Crippen LogP contribution in [-0.4, -0.2) is 19.2 Å². The number of nitrogens with zero attached hydrogens (tertiary/aromatic N) is 1. The summed E-state index contributed by atoms with van der Waals surface area (Å²) in [4.78, 5) is 0. The van der Waals surface area contributed by atoms with Crippen molar-refractivity contribution >= 4 is 19.7 Å². The topological polar surface area (TPSA) is 14.2 Å². The molecular formula is C17H24ClNOSi. The Kier molecular flexibility index (Phi) is 5.30. The normalized spacial score (nSPS) is 11.9. The van der Waals surface area contributed by atoms with E-state index in [1.165, 1.54) is 11.6 Å². The number of hydrogen-bond donors (Lipinski definition) is 0. The molecule has 0 saturated heterocycles. The van der Waals surface area contributed by atoms with Crippen molar-refractivity contribution in [1.29, 1.82) is 0 Å². The standard InChI is InChI=1S/C17H24ClNOSi/c1-14-6-5-7-16(18)17(14)15-8-9-19(12-15)13-20-10-11-21(2,3)4/h5-9,12H,10-11,13H2,1-4H3. The van der Waals surface area contributed by atoms with Crippen LogP contribution in [0.2, 0.25) is 30.7 Å². The second kappa shape index (κ2) is 6.82. The number of ether oxygens (including phenoxy) is 1. The summed E-state index contributed by atoms with van der Waals surface area (Å²) in [6, 6.07) is 9.30. The van der Waals surface area contributed by atoms with Crippen LogP contribution in [0.25, 0.3) is 11.1 Å². The van der Waals surface area contributed by atoms with Gasteiger partial charge in [-0.1, -0.05) is 43.4 Å². The summed E-state index contributed by atoms with van der Waals surface area (Å²) in [5.41, 5.74) is 3.45. The van der Waals surface area contributed by atoms with Crippen LogP contribution < -0.4 is 0 Å². The monoisotopic (exact) mass is 321 g/mol. The van der Waals surface area contributed by atoms with Gasteiger partial charge in [0.25, 0.3) is 0 Å². The summed E-state index contributed by atoms with van der Waals surface area (Å²) in [6.45, 7) is 10.6. The Labute approximate surface area is 133 Å². The maximum absolute atomic E-state index is 6.31. The van der Waals surface area contributed by atoms with Gasteiger partial charge in [-0.25, -0.2) is 0 Å². The van der Waals surface area contributed by atoms with Crippen LogP contribution >= 0.6 is 11.6 Å². The lowest BCUT2D eigenvalue weighted by molar-refractivity contribution is 0.0875. The number of rotatable bonds is 6. The highest BCUT2D eigenvalue weighted by atomic mass is 35.5. The largest absolute Gasteiger partial charge is 0.361 e. The molecule has 0 radical (unpaired) electrons. The predicted octanol–water partition coefficient (Wildman–Crippen LogP) is 5.43. The highest BCUT2D eigenvalue weighted by Crippen LogP contribution is 2.31. The molecule has 1 aromatic carbocycles. The van der Waals surface area contributed by atoms with Crippen molar-refractivity contribution in [3.63, 3.8) is 0 Å². The van der Waals surface area contributed by atoms with Crippen LogP contribution in [0.4, 0.5) is 0 Å². The van der Waals surface area contributed by atoms with Crippen LogP contribution in [0.5, 0.6) is 0 Å². The van der Waals surface area contributed by atoms with Gasteiger partial charge in [-0.3, -0.25) is 0 Å². The van der Waals surface area contributed by atoms with E-state index >= 15 is 0 Å². The lowest BCUT2D eigenvalue weighted by Gasteiger charge is -2.15. The fourth-order valence-corrected chi connectivity index (χ4v) is 3.30. The fraction of sp³-hybridized carbons (Fsp3) is 0.412. The Morgan fingerprint density at radius 3 is 2.62 bits per heavy atom. The van der Waals surface area contributed by atoms with Gasteiger partial charge in [0.05, 0.1) is 0 Å². The van der Waals surface area contributed by atoms with Gasteiger partial charge in [0.2, 0.25) is 0 Å². The third-order valence-electron chi connectivity index (χ3n) is 3.50.